The Balaban J connectivity index is 2.64. The number of halogens is 1. The molecule has 6 heteroatoms. The summed E-state index contributed by atoms with van der Waals surface area (Å²) in [5, 5.41) is 0. The van der Waals surface area contributed by atoms with Crippen LogP contribution in [0.2, 0.25) is 0 Å². The van der Waals surface area contributed by atoms with Gasteiger partial charge >= 0.3 is 6.09 Å². The van der Waals surface area contributed by atoms with Crippen molar-refractivity contribution in [1.29, 1.82) is 0 Å². The molecule has 0 bridgehead atoms. The van der Waals surface area contributed by atoms with Gasteiger partial charge in [0.15, 0.2) is 0 Å². The van der Waals surface area contributed by atoms with Gasteiger partial charge in [-0.05, 0) is 41.5 Å². The largest absolute Gasteiger partial charge is 0.444 e. The predicted octanol–water partition coefficient (Wildman–Crippen LogP) is 2.63. The summed E-state index contributed by atoms with van der Waals surface area (Å²) >= 11 is 3.39. The van der Waals surface area contributed by atoms with E-state index in [9.17, 15) is 9.59 Å². The van der Waals surface area contributed by atoms with Crippen molar-refractivity contribution in [3.63, 3.8) is 0 Å². The molecule has 2 amide bonds. The Hall–Kier alpha value is -0.780. The van der Waals surface area contributed by atoms with Gasteiger partial charge in [0.1, 0.15) is 5.60 Å². The Morgan fingerprint density at radius 2 is 1.70 bits per heavy atom. The molecular weight excluding hydrogens is 324 g/mol. The maximum atomic E-state index is 12.3. The van der Waals surface area contributed by atoms with Gasteiger partial charge in [0.25, 0.3) is 0 Å². The Morgan fingerprint density at radius 1 is 1.15 bits per heavy atom. The van der Waals surface area contributed by atoms with Gasteiger partial charge in [-0.2, -0.15) is 0 Å². The van der Waals surface area contributed by atoms with Crippen LogP contribution in [0.5, 0.6) is 0 Å². The van der Waals surface area contributed by atoms with E-state index < -0.39 is 9.93 Å². The summed E-state index contributed by atoms with van der Waals surface area (Å²) in [6.45, 7) is 12.7. The summed E-state index contributed by atoms with van der Waals surface area (Å²) in [7, 11) is 0. The first-order valence-corrected chi connectivity index (χ1v) is 7.69. The van der Waals surface area contributed by atoms with Crippen LogP contribution >= 0.6 is 15.9 Å². The molecule has 0 radical (unpaired) electrons. The molecule has 1 saturated heterocycles. The highest BCUT2D eigenvalue weighted by atomic mass is 79.9. The number of nitrogens with zero attached hydrogens (tertiary/aromatic N) is 2. The maximum absolute atomic E-state index is 12.3. The van der Waals surface area contributed by atoms with Crippen molar-refractivity contribution in [3.05, 3.63) is 0 Å². The monoisotopic (exact) mass is 348 g/mol. The van der Waals surface area contributed by atoms with Crippen LogP contribution in [-0.2, 0) is 9.53 Å². The number of ether oxygens (including phenoxy) is 1. The van der Waals surface area contributed by atoms with Gasteiger partial charge in [0.05, 0.1) is 4.32 Å². The van der Waals surface area contributed by atoms with E-state index in [1.165, 1.54) is 0 Å². The van der Waals surface area contributed by atoms with E-state index in [2.05, 4.69) is 15.9 Å². The lowest BCUT2D eigenvalue weighted by molar-refractivity contribution is -0.137. The van der Waals surface area contributed by atoms with Crippen molar-refractivity contribution in [2.24, 2.45) is 0 Å². The van der Waals surface area contributed by atoms with Gasteiger partial charge in [-0.25, -0.2) is 4.79 Å². The summed E-state index contributed by atoms with van der Waals surface area (Å²) < 4.78 is 4.79. The van der Waals surface area contributed by atoms with Crippen LogP contribution in [-0.4, -0.2) is 57.4 Å². The highest BCUT2D eigenvalue weighted by Gasteiger charge is 2.36. The van der Waals surface area contributed by atoms with Crippen LogP contribution in [0, 0.1) is 0 Å². The minimum absolute atomic E-state index is 0.0133. The molecule has 1 heterocycles. The van der Waals surface area contributed by atoms with Crippen molar-refractivity contribution in [2.45, 2.75) is 57.5 Å². The van der Waals surface area contributed by atoms with Crippen LogP contribution in [0.4, 0.5) is 4.79 Å². The van der Waals surface area contributed by atoms with E-state index in [1.54, 1.807) is 4.90 Å². The first-order chi connectivity index (χ1) is 8.92. The summed E-state index contributed by atoms with van der Waals surface area (Å²) in [6.07, 6.45) is -0.311. The Bertz CT molecular complexity index is 385. The van der Waals surface area contributed by atoms with Crippen molar-refractivity contribution in [3.8, 4) is 0 Å². The number of alkyl halides is 1. The first kappa shape index (κ1) is 17.3. The topological polar surface area (TPSA) is 49.9 Å². The number of piperazine rings is 1. The molecule has 1 rings (SSSR count). The fourth-order valence-electron chi connectivity index (χ4n) is 2.09. The van der Waals surface area contributed by atoms with Crippen molar-refractivity contribution < 1.29 is 14.3 Å². The molecule has 0 spiro atoms. The summed E-state index contributed by atoms with van der Waals surface area (Å²) in [5.41, 5.74) is -0.495. The highest BCUT2D eigenvalue weighted by molar-refractivity contribution is 9.10. The van der Waals surface area contributed by atoms with Gasteiger partial charge in [0, 0.05) is 25.7 Å². The van der Waals surface area contributed by atoms with Gasteiger partial charge in [-0.15, -0.1) is 0 Å². The summed E-state index contributed by atoms with van der Waals surface area (Å²) in [5.74, 6) is 0.0499. The van der Waals surface area contributed by atoms with E-state index in [-0.39, 0.29) is 18.0 Å². The molecule has 1 unspecified atom stereocenters. The summed E-state index contributed by atoms with van der Waals surface area (Å²) in [6, 6.07) is -0.0133. The highest BCUT2D eigenvalue weighted by Crippen LogP contribution is 2.23. The molecule has 0 N–H and O–H groups in total. The predicted molar refractivity (Wildman–Crippen MR) is 82.0 cm³/mol. The second kappa shape index (κ2) is 5.92. The first-order valence-electron chi connectivity index (χ1n) is 6.90. The van der Waals surface area contributed by atoms with E-state index in [4.69, 9.17) is 4.74 Å². The minimum Gasteiger partial charge on any atom is -0.444 e. The van der Waals surface area contributed by atoms with Crippen molar-refractivity contribution >= 4 is 27.9 Å². The minimum atomic E-state index is -0.574. The smallest absolute Gasteiger partial charge is 0.410 e. The van der Waals surface area contributed by atoms with Crippen LogP contribution in [0.25, 0.3) is 0 Å². The molecule has 1 aliphatic rings. The lowest BCUT2D eigenvalue weighted by Crippen LogP contribution is -2.58. The fourth-order valence-corrected chi connectivity index (χ4v) is 2.32. The molecule has 1 atom stereocenters. The standard InChI is InChI=1S/C14H25BrN2O3/c1-10-9-16(12(19)20-13(2,3)4)7-8-17(10)11(18)14(5,6)15/h10H,7-9H2,1-6H3. The molecule has 1 aliphatic heterocycles. The van der Waals surface area contributed by atoms with Gasteiger partial charge in [-0.1, -0.05) is 15.9 Å². The number of carbonyl (C=O) groups excluding carboxylic acids is 2. The zero-order valence-electron chi connectivity index (χ0n) is 13.2. The van der Waals surface area contributed by atoms with Gasteiger partial charge in [-0.3, -0.25) is 4.79 Å². The van der Waals surface area contributed by atoms with E-state index in [1.807, 2.05) is 46.4 Å². The summed E-state index contributed by atoms with van der Waals surface area (Å²) in [4.78, 5) is 27.8. The van der Waals surface area contributed by atoms with E-state index >= 15 is 0 Å². The number of amides is 2. The SMILES string of the molecule is CC1CN(C(=O)OC(C)(C)C)CCN1C(=O)C(C)(C)Br. The number of carbonyl (C=O) groups is 2. The quantitative estimate of drug-likeness (QED) is 0.684. The average Bonchev–Trinajstić information content (AvgIpc) is 2.24. The second-order valence-corrected chi connectivity index (χ2v) is 8.73. The Labute approximate surface area is 129 Å². The lowest BCUT2D eigenvalue weighted by Gasteiger charge is -2.42. The average molecular weight is 349 g/mol. The molecule has 1 fully saturated rings. The van der Waals surface area contributed by atoms with Crippen LogP contribution in [0.3, 0.4) is 0 Å². The third-order valence-corrected chi connectivity index (χ3v) is 3.39. The zero-order chi connectivity index (χ0) is 15.7. The number of rotatable bonds is 1. The maximum Gasteiger partial charge on any atom is 0.410 e. The van der Waals surface area contributed by atoms with E-state index in [0.29, 0.717) is 19.6 Å². The molecule has 116 valence electrons. The van der Waals surface area contributed by atoms with Gasteiger partial charge in [0.2, 0.25) is 5.91 Å². The van der Waals surface area contributed by atoms with Gasteiger partial charge < -0.3 is 14.5 Å². The lowest BCUT2D eigenvalue weighted by atomic mass is 10.1. The van der Waals surface area contributed by atoms with Crippen molar-refractivity contribution in [1.82, 2.24) is 9.80 Å². The Kier molecular flexibility index (Phi) is 5.11. The number of hydrogen-bond acceptors (Lipinski definition) is 3. The van der Waals surface area contributed by atoms with E-state index in [0.717, 1.165) is 0 Å². The third-order valence-electron chi connectivity index (χ3n) is 3.05. The van der Waals surface area contributed by atoms with Crippen LogP contribution in [0.15, 0.2) is 0 Å². The second-order valence-electron chi connectivity index (χ2n) is 6.75. The molecule has 20 heavy (non-hydrogen) atoms. The van der Waals surface area contributed by atoms with Crippen LogP contribution < -0.4 is 0 Å². The van der Waals surface area contributed by atoms with Crippen molar-refractivity contribution in [2.75, 3.05) is 19.6 Å². The number of hydrogen-bond donors (Lipinski definition) is 0. The molecule has 5 nitrogen and oxygen atoms in total. The fraction of sp³-hybridized carbons (Fsp3) is 0.857. The molecule has 0 saturated carbocycles. The van der Waals surface area contributed by atoms with Crippen LogP contribution in [0.1, 0.15) is 41.5 Å². The molecular formula is C14H25BrN2O3. The molecule has 0 aromatic heterocycles. The molecule has 0 aliphatic carbocycles. The third kappa shape index (κ3) is 4.65. The zero-order valence-corrected chi connectivity index (χ0v) is 14.8. The molecule has 0 aromatic rings. The molecule has 0 aromatic carbocycles. The Morgan fingerprint density at radius 3 is 2.10 bits per heavy atom. The normalized spacial score (nSPS) is 20.9.